The topological polar surface area (TPSA) is 134 Å². The minimum atomic E-state index is -1.41. The van der Waals surface area contributed by atoms with Gasteiger partial charge in [0, 0.05) is 13.0 Å². The second kappa shape index (κ2) is 11.3. The first kappa shape index (κ1) is 21.8. The minimum absolute atomic E-state index is 0.241. The molecule has 0 aromatic carbocycles. The third kappa shape index (κ3) is 7.74. The van der Waals surface area contributed by atoms with Gasteiger partial charge in [0.05, 0.1) is 6.10 Å². The Hall–Kier alpha value is -1.22. The molecule has 0 aliphatic carbocycles. The standard InChI is InChI=1S/C13H22O8.C2H6/c1-7(10(15)12(16)17)3-2-6-20-8-4-5-9(14)21-11(8)13(18)19;1-2/h7-11,14-15H,2-6H2,1H3,(H,16,17)(H,18,19);1-2H3/t7?,8?,9?,10?,11-;/m0./s1. The highest BCUT2D eigenvalue weighted by Crippen LogP contribution is 2.22. The molecule has 1 aliphatic rings. The van der Waals surface area contributed by atoms with Crippen LogP contribution in [0.2, 0.25) is 0 Å². The van der Waals surface area contributed by atoms with E-state index in [1.165, 1.54) is 0 Å². The van der Waals surface area contributed by atoms with Crippen LogP contribution in [0.1, 0.15) is 46.5 Å². The van der Waals surface area contributed by atoms with Crippen LogP contribution in [0.4, 0.5) is 0 Å². The Morgan fingerprint density at radius 1 is 1.26 bits per heavy atom. The molecule has 5 atom stereocenters. The lowest BCUT2D eigenvalue weighted by Gasteiger charge is -2.31. The summed E-state index contributed by atoms with van der Waals surface area (Å²) >= 11 is 0. The monoisotopic (exact) mass is 336 g/mol. The molecule has 0 saturated carbocycles. The van der Waals surface area contributed by atoms with Crippen molar-refractivity contribution in [3.8, 4) is 0 Å². The second-order valence-corrected chi connectivity index (χ2v) is 5.24. The molecule has 136 valence electrons. The summed E-state index contributed by atoms with van der Waals surface area (Å²) in [6, 6.07) is 0. The van der Waals surface area contributed by atoms with Crippen LogP contribution < -0.4 is 0 Å². The molecular weight excluding hydrogens is 308 g/mol. The summed E-state index contributed by atoms with van der Waals surface area (Å²) < 4.78 is 10.4. The van der Waals surface area contributed by atoms with E-state index in [1.54, 1.807) is 6.92 Å². The number of aliphatic hydroxyl groups is 2. The molecule has 1 rings (SSSR count). The van der Waals surface area contributed by atoms with Gasteiger partial charge in [-0.3, -0.25) is 0 Å². The molecule has 1 heterocycles. The molecule has 0 aromatic rings. The van der Waals surface area contributed by atoms with Gasteiger partial charge >= 0.3 is 11.9 Å². The predicted octanol–water partition coefficient (Wildman–Crippen LogP) is 0.842. The van der Waals surface area contributed by atoms with E-state index in [0.29, 0.717) is 25.7 Å². The van der Waals surface area contributed by atoms with Crippen molar-refractivity contribution >= 4 is 11.9 Å². The molecule has 0 bridgehead atoms. The number of aliphatic carboxylic acids is 2. The van der Waals surface area contributed by atoms with Crippen LogP contribution >= 0.6 is 0 Å². The molecule has 8 heteroatoms. The Morgan fingerprint density at radius 3 is 2.39 bits per heavy atom. The number of carboxylic acids is 2. The van der Waals surface area contributed by atoms with Crippen molar-refractivity contribution in [2.24, 2.45) is 5.92 Å². The van der Waals surface area contributed by atoms with E-state index >= 15 is 0 Å². The van der Waals surface area contributed by atoms with Gasteiger partial charge in [-0.2, -0.15) is 0 Å². The summed E-state index contributed by atoms with van der Waals surface area (Å²) in [5.74, 6) is -2.86. The maximum atomic E-state index is 11.0. The summed E-state index contributed by atoms with van der Waals surface area (Å²) in [6.45, 7) is 5.86. The zero-order chi connectivity index (χ0) is 18.0. The summed E-state index contributed by atoms with van der Waals surface area (Å²) in [6.07, 6.45) is -2.70. The zero-order valence-electron chi connectivity index (χ0n) is 13.8. The maximum absolute atomic E-state index is 11.0. The molecule has 8 nitrogen and oxygen atoms in total. The Labute approximate surface area is 136 Å². The number of carbonyl (C=O) groups is 2. The van der Waals surface area contributed by atoms with E-state index in [2.05, 4.69) is 0 Å². The Morgan fingerprint density at radius 2 is 1.87 bits per heavy atom. The molecule has 4 unspecified atom stereocenters. The van der Waals surface area contributed by atoms with Gasteiger partial charge in [0.1, 0.15) is 0 Å². The Kier molecular flexibility index (Phi) is 10.7. The summed E-state index contributed by atoms with van der Waals surface area (Å²) in [5, 5.41) is 36.2. The van der Waals surface area contributed by atoms with Crippen molar-refractivity contribution in [2.75, 3.05) is 6.61 Å². The molecule has 1 saturated heterocycles. The van der Waals surface area contributed by atoms with Crippen molar-refractivity contribution < 1.29 is 39.5 Å². The molecule has 1 aliphatic heterocycles. The molecule has 0 spiro atoms. The molecule has 1 fully saturated rings. The van der Waals surface area contributed by atoms with Gasteiger partial charge < -0.3 is 29.9 Å². The van der Waals surface area contributed by atoms with E-state index in [4.69, 9.17) is 19.7 Å². The SMILES string of the molecule is CC.CC(CCCOC1CCC(O)O[C@@H]1C(=O)O)C(O)C(=O)O. The van der Waals surface area contributed by atoms with Gasteiger partial charge in [0.25, 0.3) is 0 Å². The summed E-state index contributed by atoms with van der Waals surface area (Å²) in [5.41, 5.74) is 0. The van der Waals surface area contributed by atoms with E-state index < -0.39 is 42.5 Å². The normalized spacial score (nSPS) is 26.6. The van der Waals surface area contributed by atoms with Gasteiger partial charge in [0.2, 0.25) is 0 Å². The van der Waals surface area contributed by atoms with Crippen LogP contribution in [0.5, 0.6) is 0 Å². The fraction of sp³-hybridized carbons (Fsp3) is 0.867. The van der Waals surface area contributed by atoms with Crippen LogP contribution in [-0.4, -0.2) is 63.6 Å². The highest BCUT2D eigenvalue weighted by Gasteiger charge is 2.36. The predicted molar refractivity (Wildman–Crippen MR) is 80.9 cm³/mol. The lowest BCUT2D eigenvalue weighted by molar-refractivity contribution is -0.219. The minimum Gasteiger partial charge on any atom is -0.479 e. The molecule has 0 radical (unpaired) electrons. The zero-order valence-corrected chi connectivity index (χ0v) is 13.8. The number of hydrogen-bond donors (Lipinski definition) is 4. The smallest absolute Gasteiger partial charge is 0.335 e. The second-order valence-electron chi connectivity index (χ2n) is 5.24. The summed E-state index contributed by atoms with van der Waals surface area (Å²) in [4.78, 5) is 21.6. The maximum Gasteiger partial charge on any atom is 0.335 e. The fourth-order valence-electron chi connectivity index (χ4n) is 2.21. The highest BCUT2D eigenvalue weighted by atomic mass is 16.6. The van der Waals surface area contributed by atoms with Gasteiger partial charge in [-0.1, -0.05) is 20.8 Å². The van der Waals surface area contributed by atoms with Gasteiger partial charge in [0.15, 0.2) is 18.5 Å². The fourth-order valence-corrected chi connectivity index (χ4v) is 2.21. The quantitative estimate of drug-likeness (QED) is 0.479. The third-order valence-corrected chi connectivity index (χ3v) is 3.51. The number of hydrogen-bond acceptors (Lipinski definition) is 6. The Balaban J connectivity index is 0.00000232. The van der Waals surface area contributed by atoms with Crippen LogP contribution in [-0.2, 0) is 19.1 Å². The first-order valence-corrected chi connectivity index (χ1v) is 7.91. The lowest BCUT2D eigenvalue weighted by atomic mass is 9.99. The van der Waals surface area contributed by atoms with Gasteiger partial charge in [-0.25, -0.2) is 9.59 Å². The van der Waals surface area contributed by atoms with Crippen molar-refractivity contribution in [1.82, 2.24) is 0 Å². The van der Waals surface area contributed by atoms with E-state index in [1.807, 2.05) is 13.8 Å². The number of aliphatic hydroxyl groups excluding tert-OH is 2. The van der Waals surface area contributed by atoms with Crippen molar-refractivity contribution in [3.05, 3.63) is 0 Å². The van der Waals surface area contributed by atoms with E-state index in [0.717, 1.165) is 0 Å². The number of ether oxygens (including phenoxy) is 2. The molecule has 23 heavy (non-hydrogen) atoms. The Bertz CT molecular complexity index is 359. The highest BCUT2D eigenvalue weighted by molar-refractivity contribution is 5.73. The summed E-state index contributed by atoms with van der Waals surface area (Å²) in [7, 11) is 0. The van der Waals surface area contributed by atoms with Crippen LogP contribution in [0.15, 0.2) is 0 Å². The number of rotatable bonds is 8. The van der Waals surface area contributed by atoms with Gasteiger partial charge in [-0.15, -0.1) is 0 Å². The van der Waals surface area contributed by atoms with E-state index in [-0.39, 0.29) is 6.61 Å². The van der Waals surface area contributed by atoms with Crippen LogP contribution in [0, 0.1) is 5.92 Å². The lowest BCUT2D eigenvalue weighted by Crippen LogP contribution is -2.45. The van der Waals surface area contributed by atoms with Crippen LogP contribution in [0.25, 0.3) is 0 Å². The van der Waals surface area contributed by atoms with Crippen molar-refractivity contribution in [1.29, 1.82) is 0 Å². The average Bonchev–Trinajstić information content (AvgIpc) is 2.53. The van der Waals surface area contributed by atoms with E-state index in [9.17, 15) is 19.8 Å². The average molecular weight is 336 g/mol. The van der Waals surface area contributed by atoms with Crippen LogP contribution in [0.3, 0.4) is 0 Å². The molecular formula is C15H28O8. The van der Waals surface area contributed by atoms with Crippen molar-refractivity contribution in [3.63, 3.8) is 0 Å². The first-order chi connectivity index (χ1) is 10.8. The third-order valence-electron chi connectivity index (χ3n) is 3.51. The van der Waals surface area contributed by atoms with Crippen molar-refractivity contribution in [2.45, 2.75) is 71.1 Å². The number of carboxylic acid groups (broad SMARTS) is 2. The molecule has 0 amide bonds. The largest absolute Gasteiger partial charge is 0.479 e. The molecule has 0 aromatic heterocycles. The van der Waals surface area contributed by atoms with Gasteiger partial charge in [-0.05, 0) is 25.2 Å². The first-order valence-electron chi connectivity index (χ1n) is 7.91. The molecule has 4 N–H and O–H groups in total.